The van der Waals surface area contributed by atoms with Gasteiger partial charge in [-0.3, -0.25) is 9.10 Å². The van der Waals surface area contributed by atoms with Crippen molar-refractivity contribution in [1.29, 1.82) is 0 Å². The van der Waals surface area contributed by atoms with Crippen LogP contribution in [0.2, 0.25) is 10.0 Å². The van der Waals surface area contributed by atoms with Gasteiger partial charge in [-0.15, -0.1) is 0 Å². The lowest BCUT2D eigenvalue weighted by molar-refractivity contribution is -0.116. The number of sulfonamides is 1. The highest BCUT2D eigenvalue weighted by atomic mass is 35.5. The molecule has 0 bridgehead atoms. The van der Waals surface area contributed by atoms with E-state index in [2.05, 4.69) is 5.32 Å². The number of amides is 1. The third kappa shape index (κ3) is 5.13. The summed E-state index contributed by atoms with van der Waals surface area (Å²) in [5.74, 6) is -0.462. The molecular weight excluding hydrogens is 395 g/mol. The van der Waals surface area contributed by atoms with Gasteiger partial charge >= 0.3 is 0 Å². The average molecular weight is 415 g/mol. The fourth-order valence-corrected chi connectivity index (χ4v) is 4.22. The van der Waals surface area contributed by atoms with E-state index in [1.54, 1.807) is 12.1 Å². The Kier molecular flexibility index (Phi) is 6.55. The number of rotatable bonds is 6. The maximum Gasteiger partial charge on any atom is 0.247 e. The van der Waals surface area contributed by atoms with Crippen LogP contribution in [0.5, 0.6) is 0 Å². The Bertz CT molecular complexity index is 879. The molecule has 0 unspecified atom stereocenters. The SMILES string of the molecule is CCc1ccc(NC(=O)[C@H](C)N(c2cc(Cl)cc(Cl)c2)S(C)(=O)=O)cc1. The minimum atomic E-state index is -3.74. The Hall–Kier alpha value is -1.76. The van der Waals surface area contributed by atoms with Gasteiger partial charge in [0.05, 0.1) is 11.9 Å². The molecule has 26 heavy (non-hydrogen) atoms. The average Bonchev–Trinajstić information content (AvgIpc) is 2.53. The molecule has 0 spiro atoms. The van der Waals surface area contributed by atoms with Crippen molar-refractivity contribution in [2.45, 2.75) is 26.3 Å². The van der Waals surface area contributed by atoms with Gasteiger partial charge in [-0.2, -0.15) is 0 Å². The highest BCUT2D eigenvalue weighted by molar-refractivity contribution is 7.92. The summed E-state index contributed by atoms with van der Waals surface area (Å²) in [6.07, 6.45) is 1.92. The van der Waals surface area contributed by atoms with Gasteiger partial charge < -0.3 is 5.32 Å². The Morgan fingerprint density at radius 2 is 1.65 bits per heavy atom. The number of carbonyl (C=O) groups excluding carboxylic acids is 1. The molecule has 0 saturated carbocycles. The molecule has 0 aromatic heterocycles. The van der Waals surface area contributed by atoms with Crippen LogP contribution in [0.3, 0.4) is 0 Å². The summed E-state index contributed by atoms with van der Waals surface area (Å²) >= 11 is 12.0. The second-order valence-corrected chi connectivity index (χ2v) is 8.63. The van der Waals surface area contributed by atoms with Crippen molar-refractivity contribution in [3.8, 4) is 0 Å². The molecule has 1 atom stereocenters. The first kappa shape index (κ1) is 20.6. The zero-order valence-electron chi connectivity index (χ0n) is 14.7. The quantitative estimate of drug-likeness (QED) is 0.763. The Labute approximate surface area is 164 Å². The van der Waals surface area contributed by atoms with Crippen LogP contribution in [0, 0.1) is 0 Å². The van der Waals surface area contributed by atoms with E-state index >= 15 is 0 Å². The number of hydrogen-bond donors (Lipinski definition) is 1. The van der Waals surface area contributed by atoms with Crippen molar-refractivity contribution >= 4 is 50.5 Å². The summed E-state index contributed by atoms with van der Waals surface area (Å²) < 4.78 is 25.6. The van der Waals surface area contributed by atoms with E-state index in [0.717, 1.165) is 22.5 Å². The van der Waals surface area contributed by atoms with Crippen molar-refractivity contribution in [1.82, 2.24) is 0 Å². The smallest absolute Gasteiger partial charge is 0.247 e. The lowest BCUT2D eigenvalue weighted by atomic mass is 10.1. The minimum Gasteiger partial charge on any atom is -0.324 e. The molecule has 8 heteroatoms. The van der Waals surface area contributed by atoms with Crippen molar-refractivity contribution in [2.24, 2.45) is 0 Å². The van der Waals surface area contributed by atoms with Crippen LogP contribution in [0.4, 0.5) is 11.4 Å². The predicted molar refractivity (Wildman–Crippen MR) is 108 cm³/mol. The summed E-state index contributed by atoms with van der Waals surface area (Å²) in [6, 6.07) is 10.8. The van der Waals surface area contributed by atoms with Crippen LogP contribution in [0.1, 0.15) is 19.4 Å². The first-order chi connectivity index (χ1) is 12.1. The van der Waals surface area contributed by atoms with Gasteiger partial charge in [0.2, 0.25) is 15.9 Å². The molecular formula is C18H20Cl2N2O3S. The van der Waals surface area contributed by atoms with E-state index in [0.29, 0.717) is 5.69 Å². The lowest BCUT2D eigenvalue weighted by Gasteiger charge is -2.28. The molecule has 0 heterocycles. The number of nitrogens with zero attached hydrogens (tertiary/aromatic N) is 1. The minimum absolute atomic E-state index is 0.231. The normalized spacial score (nSPS) is 12.5. The Balaban J connectivity index is 2.31. The van der Waals surface area contributed by atoms with E-state index < -0.39 is 22.0 Å². The molecule has 140 valence electrons. The fourth-order valence-electron chi connectivity index (χ4n) is 2.55. The molecule has 2 aromatic rings. The van der Waals surface area contributed by atoms with Crippen molar-refractivity contribution < 1.29 is 13.2 Å². The molecule has 0 fully saturated rings. The number of benzene rings is 2. The number of carbonyl (C=O) groups is 1. The van der Waals surface area contributed by atoms with Gasteiger partial charge in [-0.25, -0.2) is 8.42 Å². The van der Waals surface area contributed by atoms with Crippen LogP contribution >= 0.6 is 23.2 Å². The maximum atomic E-state index is 12.6. The van der Waals surface area contributed by atoms with Gasteiger partial charge in [0.1, 0.15) is 6.04 Å². The second kappa shape index (κ2) is 8.29. The topological polar surface area (TPSA) is 66.5 Å². The fraction of sp³-hybridized carbons (Fsp3) is 0.278. The molecule has 0 radical (unpaired) electrons. The first-order valence-corrected chi connectivity index (χ1v) is 10.6. The first-order valence-electron chi connectivity index (χ1n) is 7.97. The Morgan fingerprint density at radius 3 is 2.12 bits per heavy atom. The molecule has 5 nitrogen and oxygen atoms in total. The largest absolute Gasteiger partial charge is 0.324 e. The van der Waals surface area contributed by atoms with Crippen LogP contribution in [-0.2, 0) is 21.2 Å². The molecule has 1 amide bonds. The van der Waals surface area contributed by atoms with Gasteiger partial charge in [-0.05, 0) is 49.2 Å². The molecule has 1 N–H and O–H groups in total. The van der Waals surface area contributed by atoms with Gasteiger partial charge in [0.15, 0.2) is 0 Å². The molecule has 0 aliphatic rings. The van der Waals surface area contributed by atoms with Crippen molar-refractivity contribution in [3.63, 3.8) is 0 Å². The molecule has 2 rings (SSSR count). The lowest BCUT2D eigenvalue weighted by Crippen LogP contribution is -2.45. The van der Waals surface area contributed by atoms with Crippen LogP contribution < -0.4 is 9.62 Å². The van der Waals surface area contributed by atoms with E-state index in [9.17, 15) is 13.2 Å². The third-order valence-electron chi connectivity index (χ3n) is 3.82. The van der Waals surface area contributed by atoms with Crippen molar-refractivity contribution in [3.05, 3.63) is 58.1 Å². The van der Waals surface area contributed by atoms with E-state index in [1.165, 1.54) is 25.1 Å². The van der Waals surface area contributed by atoms with E-state index in [1.807, 2.05) is 19.1 Å². The van der Waals surface area contributed by atoms with E-state index in [4.69, 9.17) is 23.2 Å². The van der Waals surface area contributed by atoms with Crippen LogP contribution in [0.15, 0.2) is 42.5 Å². The standard InChI is InChI=1S/C18H20Cl2N2O3S/c1-4-13-5-7-16(8-6-13)21-18(23)12(2)22(26(3,24)25)17-10-14(19)9-15(20)11-17/h5-12H,4H2,1-3H3,(H,21,23)/t12-/m0/s1. The Morgan fingerprint density at radius 1 is 1.12 bits per heavy atom. The second-order valence-electron chi connectivity index (χ2n) is 5.90. The number of nitrogens with one attached hydrogen (secondary N) is 1. The molecule has 0 aliphatic heterocycles. The maximum absolute atomic E-state index is 12.6. The summed E-state index contributed by atoms with van der Waals surface area (Å²) in [5.41, 5.74) is 1.97. The van der Waals surface area contributed by atoms with Gasteiger partial charge in [0, 0.05) is 15.7 Å². The molecule has 2 aromatic carbocycles. The summed E-state index contributed by atoms with van der Waals surface area (Å²) in [4.78, 5) is 12.6. The molecule has 0 aliphatic carbocycles. The summed E-state index contributed by atoms with van der Waals surface area (Å²) in [6.45, 7) is 3.54. The van der Waals surface area contributed by atoms with E-state index in [-0.39, 0.29) is 15.7 Å². The molecule has 0 saturated heterocycles. The number of anilines is 2. The summed E-state index contributed by atoms with van der Waals surface area (Å²) in [7, 11) is -3.74. The van der Waals surface area contributed by atoms with Crippen LogP contribution in [0.25, 0.3) is 0 Å². The zero-order chi connectivity index (χ0) is 19.5. The van der Waals surface area contributed by atoms with Gasteiger partial charge in [-0.1, -0.05) is 42.3 Å². The highest BCUT2D eigenvalue weighted by Crippen LogP contribution is 2.29. The summed E-state index contributed by atoms with van der Waals surface area (Å²) in [5, 5.41) is 3.30. The monoisotopic (exact) mass is 414 g/mol. The highest BCUT2D eigenvalue weighted by Gasteiger charge is 2.29. The zero-order valence-corrected chi connectivity index (χ0v) is 17.0. The third-order valence-corrected chi connectivity index (χ3v) is 5.50. The number of hydrogen-bond acceptors (Lipinski definition) is 3. The van der Waals surface area contributed by atoms with Crippen LogP contribution in [-0.4, -0.2) is 26.6 Å². The number of halogens is 2. The number of aryl methyl sites for hydroxylation is 1. The van der Waals surface area contributed by atoms with Crippen molar-refractivity contribution in [2.75, 3.05) is 15.9 Å². The predicted octanol–water partition coefficient (Wildman–Crippen LogP) is 4.35. The van der Waals surface area contributed by atoms with Gasteiger partial charge in [0.25, 0.3) is 0 Å².